The van der Waals surface area contributed by atoms with Crippen LogP contribution in [0.5, 0.6) is 0 Å². The third-order valence-corrected chi connectivity index (χ3v) is 5.49. The Morgan fingerprint density at radius 2 is 1.89 bits per heavy atom. The quantitative estimate of drug-likeness (QED) is 0.655. The van der Waals surface area contributed by atoms with Crippen LogP contribution < -0.4 is 10.6 Å². The van der Waals surface area contributed by atoms with Crippen LogP contribution in [-0.2, 0) is 11.2 Å². The van der Waals surface area contributed by atoms with Crippen molar-refractivity contribution in [2.45, 2.75) is 33.1 Å². The molecule has 0 unspecified atom stereocenters. The fourth-order valence-electron chi connectivity index (χ4n) is 2.06. The summed E-state index contributed by atoms with van der Waals surface area (Å²) in [5.74, 6) is -0.222. The fraction of sp³-hybridized carbons (Fsp3) is 0.294. The summed E-state index contributed by atoms with van der Waals surface area (Å²) >= 11 is 2.71. The zero-order valence-corrected chi connectivity index (χ0v) is 16.6. The van der Waals surface area contributed by atoms with E-state index in [4.69, 9.17) is 0 Å². The van der Waals surface area contributed by atoms with Gasteiger partial charge in [-0.15, -0.1) is 22.7 Å². The molecule has 2 N–H and O–H groups in total. The zero-order chi connectivity index (χ0) is 19.4. The van der Waals surface area contributed by atoms with Crippen molar-refractivity contribution in [3.8, 4) is 0 Å². The third-order valence-electron chi connectivity index (χ3n) is 3.47. The summed E-state index contributed by atoms with van der Waals surface area (Å²) < 4.78 is 0. The van der Waals surface area contributed by atoms with Crippen molar-refractivity contribution < 1.29 is 9.59 Å². The topological polar surface area (TPSA) is 110 Å². The van der Waals surface area contributed by atoms with Crippen LogP contribution in [0.3, 0.4) is 0 Å². The van der Waals surface area contributed by atoms with Crippen molar-refractivity contribution in [2.24, 2.45) is 0 Å². The SMILES string of the molecule is Cc1cnc(C(=O)Nc2nc(CC(=O)Nc3ncc(C(C)C)s3)cs2)cn1. The summed E-state index contributed by atoms with van der Waals surface area (Å²) in [6, 6.07) is 0. The average molecular weight is 403 g/mol. The van der Waals surface area contributed by atoms with Crippen molar-refractivity contribution in [1.82, 2.24) is 19.9 Å². The third kappa shape index (κ3) is 5.14. The van der Waals surface area contributed by atoms with Crippen molar-refractivity contribution >= 4 is 44.8 Å². The van der Waals surface area contributed by atoms with Gasteiger partial charge in [0.15, 0.2) is 10.3 Å². The number of thiazole rings is 2. The first-order valence-corrected chi connectivity index (χ1v) is 9.90. The maximum Gasteiger partial charge on any atom is 0.277 e. The molecule has 3 aromatic heterocycles. The molecular formula is C17H18N6O2S2. The Kier molecular flexibility index (Phi) is 5.87. The second kappa shape index (κ2) is 8.31. The lowest BCUT2D eigenvalue weighted by atomic mass is 10.2. The van der Waals surface area contributed by atoms with Gasteiger partial charge < -0.3 is 5.32 Å². The summed E-state index contributed by atoms with van der Waals surface area (Å²) in [6.45, 7) is 5.95. The van der Waals surface area contributed by atoms with Crippen molar-refractivity contribution in [2.75, 3.05) is 10.6 Å². The molecule has 0 radical (unpaired) electrons. The minimum Gasteiger partial charge on any atom is -0.302 e. The van der Waals surface area contributed by atoms with E-state index in [0.29, 0.717) is 21.9 Å². The van der Waals surface area contributed by atoms with E-state index >= 15 is 0 Å². The zero-order valence-electron chi connectivity index (χ0n) is 15.0. The molecule has 0 fully saturated rings. The second-order valence-electron chi connectivity index (χ2n) is 6.09. The number of aromatic nitrogens is 4. The molecule has 3 rings (SSSR count). The Labute approximate surface area is 164 Å². The summed E-state index contributed by atoms with van der Waals surface area (Å²) in [6.07, 6.45) is 4.81. The van der Waals surface area contributed by atoms with Gasteiger partial charge in [-0.05, 0) is 12.8 Å². The summed E-state index contributed by atoms with van der Waals surface area (Å²) in [7, 11) is 0. The molecule has 0 aliphatic rings. The highest BCUT2D eigenvalue weighted by atomic mass is 32.1. The molecule has 3 heterocycles. The number of nitrogens with zero attached hydrogens (tertiary/aromatic N) is 4. The van der Waals surface area contributed by atoms with E-state index in [-0.39, 0.29) is 18.0 Å². The van der Waals surface area contributed by atoms with Gasteiger partial charge in [-0.2, -0.15) is 0 Å². The van der Waals surface area contributed by atoms with Crippen molar-refractivity contribution in [1.29, 1.82) is 0 Å². The maximum atomic E-state index is 12.2. The largest absolute Gasteiger partial charge is 0.302 e. The Balaban J connectivity index is 1.56. The highest BCUT2D eigenvalue weighted by Crippen LogP contribution is 2.25. The van der Waals surface area contributed by atoms with Gasteiger partial charge in [0.2, 0.25) is 5.91 Å². The minimum absolute atomic E-state index is 0.104. The average Bonchev–Trinajstić information content (AvgIpc) is 3.25. The molecule has 0 aliphatic carbocycles. The first kappa shape index (κ1) is 19.1. The lowest BCUT2D eigenvalue weighted by Crippen LogP contribution is -2.15. The van der Waals surface area contributed by atoms with Gasteiger partial charge in [-0.25, -0.2) is 15.0 Å². The number of aryl methyl sites for hydroxylation is 1. The number of carbonyl (C=O) groups is 2. The molecule has 0 saturated carbocycles. The monoisotopic (exact) mass is 402 g/mol. The van der Waals surface area contributed by atoms with Gasteiger partial charge in [0.1, 0.15) is 5.69 Å². The lowest BCUT2D eigenvalue weighted by Gasteiger charge is -2.01. The summed E-state index contributed by atoms with van der Waals surface area (Å²) in [5.41, 5.74) is 1.51. The number of anilines is 2. The van der Waals surface area contributed by atoms with E-state index in [9.17, 15) is 9.59 Å². The maximum absolute atomic E-state index is 12.2. The second-order valence-corrected chi connectivity index (χ2v) is 8.01. The number of carbonyl (C=O) groups excluding carboxylic acids is 2. The van der Waals surface area contributed by atoms with Crippen LogP contribution in [0.25, 0.3) is 0 Å². The van der Waals surface area contributed by atoms with Gasteiger partial charge in [0.05, 0.1) is 24.0 Å². The molecule has 0 bridgehead atoms. The van der Waals surface area contributed by atoms with Crippen LogP contribution >= 0.6 is 22.7 Å². The fourth-order valence-corrected chi connectivity index (χ4v) is 3.60. The van der Waals surface area contributed by atoms with E-state index in [0.717, 1.165) is 10.6 Å². The van der Waals surface area contributed by atoms with Crippen LogP contribution in [-0.4, -0.2) is 31.8 Å². The van der Waals surface area contributed by atoms with Gasteiger partial charge in [0.25, 0.3) is 5.91 Å². The van der Waals surface area contributed by atoms with Crippen LogP contribution in [0, 0.1) is 6.92 Å². The molecule has 10 heteroatoms. The number of nitrogens with one attached hydrogen (secondary N) is 2. The molecule has 8 nitrogen and oxygen atoms in total. The molecular weight excluding hydrogens is 384 g/mol. The molecule has 3 aromatic rings. The van der Waals surface area contributed by atoms with Crippen molar-refractivity contribution in [3.05, 3.63) is 45.9 Å². The predicted octanol–water partition coefficient (Wildman–Crippen LogP) is 3.25. The summed E-state index contributed by atoms with van der Waals surface area (Å²) in [5, 5.41) is 8.15. The van der Waals surface area contributed by atoms with Gasteiger partial charge >= 0.3 is 0 Å². The first-order valence-electron chi connectivity index (χ1n) is 8.20. The van der Waals surface area contributed by atoms with E-state index in [2.05, 4.69) is 44.4 Å². The first-order chi connectivity index (χ1) is 12.9. The van der Waals surface area contributed by atoms with Crippen molar-refractivity contribution in [3.63, 3.8) is 0 Å². The molecule has 0 spiro atoms. The molecule has 27 heavy (non-hydrogen) atoms. The highest BCUT2D eigenvalue weighted by Gasteiger charge is 2.14. The Morgan fingerprint density at radius 3 is 2.56 bits per heavy atom. The van der Waals surface area contributed by atoms with Gasteiger partial charge in [-0.1, -0.05) is 13.8 Å². The highest BCUT2D eigenvalue weighted by molar-refractivity contribution is 7.15. The number of amides is 2. The Hall–Kier alpha value is -2.72. The Bertz CT molecular complexity index is 949. The number of rotatable bonds is 6. The van der Waals surface area contributed by atoms with Crippen LogP contribution in [0.2, 0.25) is 0 Å². The summed E-state index contributed by atoms with van der Waals surface area (Å²) in [4.78, 5) is 41.9. The number of hydrogen-bond donors (Lipinski definition) is 2. The van der Waals surface area contributed by atoms with E-state index in [1.54, 1.807) is 18.5 Å². The van der Waals surface area contributed by atoms with E-state index in [1.807, 2.05) is 0 Å². The molecule has 0 aliphatic heterocycles. The standard InChI is InChI=1S/C17H18N6O2S2/c1-9(2)13-7-20-16(27-13)22-14(24)4-11-8-26-17(21-11)23-15(25)12-6-18-10(3)5-19-12/h5-9H,4H2,1-3H3,(H,20,22,24)(H,21,23,25). The van der Waals surface area contributed by atoms with Crippen LogP contribution in [0.1, 0.15) is 46.5 Å². The molecule has 0 atom stereocenters. The van der Waals surface area contributed by atoms with Gasteiger partial charge in [-0.3, -0.25) is 19.9 Å². The van der Waals surface area contributed by atoms with E-state index in [1.165, 1.54) is 35.1 Å². The normalized spacial score (nSPS) is 10.8. The van der Waals surface area contributed by atoms with Gasteiger partial charge in [0, 0.05) is 22.7 Å². The number of hydrogen-bond acceptors (Lipinski definition) is 8. The molecule has 0 aromatic carbocycles. The van der Waals surface area contributed by atoms with Crippen LogP contribution in [0.4, 0.5) is 10.3 Å². The molecule has 140 valence electrons. The Morgan fingerprint density at radius 1 is 1.07 bits per heavy atom. The predicted molar refractivity (Wildman–Crippen MR) is 105 cm³/mol. The smallest absolute Gasteiger partial charge is 0.277 e. The van der Waals surface area contributed by atoms with E-state index < -0.39 is 5.91 Å². The molecule has 0 saturated heterocycles. The lowest BCUT2D eigenvalue weighted by molar-refractivity contribution is -0.115. The minimum atomic E-state index is -0.392. The molecule has 2 amide bonds. The van der Waals surface area contributed by atoms with Crippen LogP contribution in [0.15, 0.2) is 24.0 Å².